The molecule has 0 unspecified atom stereocenters. The van der Waals surface area contributed by atoms with Crippen LogP contribution in [0.25, 0.3) is 0 Å². The summed E-state index contributed by atoms with van der Waals surface area (Å²) in [5, 5.41) is 10.3. The van der Waals surface area contributed by atoms with Crippen molar-refractivity contribution in [2.75, 3.05) is 0 Å². The van der Waals surface area contributed by atoms with Gasteiger partial charge in [-0.25, -0.2) is 9.90 Å². The predicted octanol–water partition coefficient (Wildman–Crippen LogP) is 8.94. The third-order valence-electron chi connectivity index (χ3n) is 5.73. The van der Waals surface area contributed by atoms with Crippen LogP contribution in [0.2, 0.25) is 0 Å². The lowest BCUT2D eigenvalue weighted by Crippen LogP contribution is -1.91. The molecule has 2 nitrogen and oxygen atoms in total. The van der Waals surface area contributed by atoms with Gasteiger partial charge in [-0.1, -0.05) is 142 Å². The number of unbranched alkanes of at least 4 members (excludes halogenated alkanes) is 21. The van der Waals surface area contributed by atoms with Crippen molar-refractivity contribution in [3.63, 3.8) is 0 Å². The van der Waals surface area contributed by atoms with Crippen LogP contribution in [0.4, 0.5) is 0 Å². The third-order valence-corrected chi connectivity index (χ3v) is 5.73. The van der Waals surface area contributed by atoms with Crippen LogP contribution >= 0.6 is 0 Å². The van der Waals surface area contributed by atoms with E-state index in [4.69, 9.17) is 0 Å². The minimum absolute atomic E-state index is 0.235. The van der Waals surface area contributed by atoms with Crippen LogP contribution < -0.4 is 0 Å². The summed E-state index contributed by atoms with van der Waals surface area (Å²) in [6, 6.07) is 0. The highest BCUT2D eigenvalue weighted by molar-refractivity contribution is 5.66. The average Bonchev–Trinajstić information content (AvgIpc) is 2.65. The normalized spacial score (nSPS) is 11.1. The van der Waals surface area contributed by atoms with Crippen LogP contribution in [0.5, 0.6) is 0 Å². The van der Waals surface area contributed by atoms with E-state index in [1.54, 1.807) is 0 Å². The van der Waals surface area contributed by atoms with Crippen LogP contribution in [-0.4, -0.2) is 5.97 Å². The topological polar surface area (TPSA) is 37.0 Å². The molecule has 27 heavy (non-hydrogen) atoms. The molecule has 2 heteroatoms. The van der Waals surface area contributed by atoms with E-state index >= 15 is 0 Å². The Morgan fingerprint density at radius 3 is 0.852 bits per heavy atom. The number of hydrogen-bond donors (Lipinski definition) is 0. The fraction of sp³-hybridized carbons (Fsp3) is 0.960. The highest BCUT2D eigenvalue weighted by atomic mass is 16.4. The molecule has 0 saturated carbocycles. The van der Waals surface area contributed by atoms with Gasteiger partial charge in [0, 0.05) is 0 Å². The van der Waals surface area contributed by atoms with Gasteiger partial charge in [-0.15, -0.1) is 0 Å². The number of carbonyl (C=O) groups is 1. The van der Waals surface area contributed by atoms with E-state index in [0.717, 1.165) is 12.8 Å². The maximum absolute atomic E-state index is 10.3. The van der Waals surface area contributed by atoms with Crippen molar-refractivity contribution in [3.05, 3.63) is 0 Å². The minimum Gasteiger partial charge on any atom is -0.247 e. The first-order chi connectivity index (χ1) is 13.3. The Hall–Kier alpha value is -0.530. The summed E-state index contributed by atoms with van der Waals surface area (Å²) in [6.45, 7) is 2.29. The second-order valence-corrected chi connectivity index (χ2v) is 8.55. The zero-order valence-electron chi connectivity index (χ0n) is 18.6. The Kier molecular flexibility index (Phi) is 23.0. The summed E-state index contributed by atoms with van der Waals surface area (Å²) in [7, 11) is 0. The molecule has 0 heterocycles. The zero-order chi connectivity index (χ0) is 19.8. The molecule has 0 aromatic rings. The van der Waals surface area contributed by atoms with Gasteiger partial charge in [0.2, 0.25) is 0 Å². The van der Waals surface area contributed by atoms with Crippen molar-refractivity contribution < 1.29 is 9.90 Å². The molecule has 0 aliphatic heterocycles. The third kappa shape index (κ3) is 25.5. The molecule has 0 amide bonds. The van der Waals surface area contributed by atoms with E-state index in [2.05, 4.69) is 6.92 Å². The lowest BCUT2D eigenvalue weighted by atomic mass is 10.0. The molecule has 0 aromatic heterocycles. The summed E-state index contributed by atoms with van der Waals surface area (Å²) >= 11 is 0. The summed E-state index contributed by atoms with van der Waals surface area (Å²) < 4.78 is 0. The van der Waals surface area contributed by atoms with Gasteiger partial charge in [-0.3, -0.25) is 0 Å². The Labute approximate surface area is 170 Å². The summed E-state index contributed by atoms with van der Waals surface area (Å²) in [5.41, 5.74) is 0. The van der Waals surface area contributed by atoms with Gasteiger partial charge in [0.05, 0.1) is 6.42 Å². The van der Waals surface area contributed by atoms with Gasteiger partial charge in [-0.05, 0) is 6.42 Å². The van der Waals surface area contributed by atoms with Gasteiger partial charge < -0.3 is 0 Å². The lowest BCUT2D eigenvalue weighted by Gasteiger charge is -2.04. The first-order valence-corrected chi connectivity index (χ1v) is 12.5. The molecular weight excluding hydrogens is 332 g/mol. The summed E-state index contributed by atoms with van der Waals surface area (Å²) in [6.07, 6.45) is 30.2. The second kappa shape index (κ2) is 23.5. The molecular formula is C25H49O2. The maximum atomic E-state index is 10.3. The predicted molar refractivity (Wildman–Crippen MR) is 118 cm³/mol. The Balaban J connectivity index is 2.98. The van der Waals surface area contributed by atoms with Gasteiger partial charge in [-0.2, -0.15) is 0 Å². The Bertz CT molecular complexity index is 288. The highest BCUT2D eigenvalue weighted by Gasteiger charge is 1.99. The van der Waals surface area contributed by atoms with Gasteiger partial charge >= 0.3 is 5.97 Å². The molecule has 0 N–H and O–H groups in total. The smallest absolute Gasteiger partial charge is 0.247 e. The van der Waals surface area contributed by atoms with Gasteiger partial charge in [0.25, 0.3) is 0 Å². The molecule has 1 radical (unpaired) electrons. The van der Waals surface area contributed by atoms with Crippen LogP contribution in [0.1, 0.15) is 155 Å². The molecule has 0 aromatic carbocycles. The van der Waals surface area contributed by atoms with Gasteiger partial charge in [0.15, 0.2) is 0 Å². The largest absolute Gasteiger partial charge is 0.355 e. The number of rotatable bonds is 23. The molecule has 0 bridgehead atoms. The first kappa shape index (κ1) is 26.5. The van der Waals surface area contributed by atoms with Gasteiger partial charge in [0.1, 0.15) is 0 Å². The second-order valence-electron chi connectivity index (χ2n) is 8.55. The standard InChI is InChI=1S/C25H49O2/c1-2-3-4-5-6-7-8-9-10-11-12-13-14-15-16-17-18-19-20-21-22-23-24-25(26)27/h2-24H2,1H3. The minimum atomic E-state index is -0.900. The van der Waals surface area contributed by atoms with E-state index in [1.807, 2.05) is 0 Å². The fourth-order valence-corrected chi connectivity index (χ4v) is 3.88. The monoisotopic (exact) mass is 381 g/mol. The van der Waals surface area contributed by atoms with Crippen molar-refractivity contribution >= 4 is 5.97 Å². The maximum Gasteiger partial charge on any atom is 0.355 e. The molecule has 161 valence electrons. The van der Waals surface area contributed by atoms with E-state index in [-0.39, 0.29) is 6.42 Å². The summed E-state index contributed by atoms with van der Waals surface area (Å²) in [4.78, 5) is 10.3. The van der Waals surface area contributed by atoms with Crippen molar-refractivity contribution in [2.45, 2.75) is 155 Å². The highest BCUT2D eigenvalue weighted by Crippen LogP contribution is 2.15. The molecule has 0 fully saturated rings. The molecule has 0 atom stereocenters. The van der Waals surface area contributed by atoms with Crippen molar-refractivity contribution in [1.82, 2.24) is 0 Å². The van der Waals surface area contributed by atoms with E-state index in [0.29, 0.717) is 0 Å². The molecule has 0 aliphatic carbocycles. The van der Waals surface area contributed by atoms with Crippen LogP contribution in [0, 0.1) is 0 Å². The molecule has 0 rings (SSSR count). The zero-order valence-corrected chi connectivity index (χ0v) is 18.6. The number of carbonyl (C=O) groups excluding carboxylic acids is 1. The molecule has 0 saturated heterocycles. The van der Waals surface area contributed by atoms with E-state index in [1.165, 1.54) is 128 Å². The van der Waals surface area contributed by atoms with E-state index in [9.17, 15) is 9.90 Å². The quantitative estimate of drug-likeness (QED) is 0.163. The Morgan fingerprint density at radius 2 is 0.630 bits per heavy atom. The van der Waals surface area contributed by atoms with Crippen molar-refractivity contribution in [2.24, 2.45) is 0 Å². The molecule has 0 aliphatic rings. The van der Waals surface area contributed by atoms with Crippen LogP contribution in [-0.2, 0) is 9.90 Å². The Morgan fingerprint density at radius 1 is 0.407 bits per heavy atom. The summed E-state index contributed by atoms with van der Waals surface area (Å²) in [5.74, 6) is -0.900. The van der Waals surface area contributed by atoms with Crippen molar-refractivity contribution in [3.8, 4) is 0 Å². The van der Waals surface area contributed by atoms with Crippen molar-refractivity contribution in [1.29, 1.82) is 0 Å². The first-order valence-electron chi connectivity index (χ1n) is 12.5. The van der Waals surface area contributed by atoms with Crippen LogP contribution in [0.15, 0.2) is 0 Å². The van der Waals surface area contributed by atoms with Crippen LogP contribution in [0.3, 0.4) is 0 Å². The van der Waals surface area contributed by atoms with E-state index < -0.39 is 5.97 Å². The average molecular weight is 382 g/mol. The molecule has 0 spiro atoms. The fourth-order valence-electron chi connectivity index (χ4n) is 3.88. The SMILES string of the molecule is CCCCCCCCCCCCCCCCCCCCCCCCC([O])=O. The number of hydrogen-bond acceptors (Lipinski definition) is 1. The lowest BCUT2D eigenvalue weighted by molar-refractivity contribution is -0.143.